The van der Waals surface area contributed by atoms with Crippen LogP contribution < -0.4 is 9.62 Å². The highest BCUT2D eigenvalue weighted by Crippen LogP contribution is 2.42. The number of hydrogen-bond donors (Lipinski definition) is 2. The average Bonchev–Trinajstić information content (AvgIpc) is 3.62. The zero-order valence-electron chi connectivity index (χ0n) is 24.9. The number of piperidine rings is 1. The number of furan rings is 1. The van der Waals surface area contributed by atoms with E-state index in [-0.39, 0.29) is 23.4 Å². The largest absolute Gasteiger partial charge is 0.455 e. The maximum absolute atomic E-state index is 14.3. The van der Waals surface area contributed by atoms with Crippen molar-refractivity contribution in [2.75, 3.05) is 37.7 Å². The molecule has 1 fully saturated rings. The first-order chi connectivity index (χ1) is 21.0. The number of benzene rings is 3. The van der Waals surface area contributed by atoms with Crippen molar-refractivity contribution >= 4 is 49.4 Å². The SMILES string of the molecule is CNC(=O)c1c(-c2ccc(C)cc2)oc2cc(N(C)S(C)(=O)=O)c([C@H]3CCCN(C(=O)c4cc5c(F)cccc5[nH]4)C3)cc12. The third-order valence-corrected chi connectivity index (χ3v) is 9.62. The Morgan fingerprint density at radius 1 is 1.09 bits per heavy atom. The van der Waals surface area contributed by atoms with Crippen LogP contribution in [0.4, 0.5) is 10.1 Å². The van der Waals surface area contributed by atoms with Gasteiger partial charge in [0.05, 0.1) is 17.5 Å². The summed E-state index contributed by atoms with van der Waals surface area (Å²) >= 11 is 0. The highest BCUT2D eigenvalue weighted by molar-refractivity contribution is 7.92. The van der Waals surface area contributed by atoms with E-state index in [9.17, 15) is 22.4 Å². The van der Waals surface area contributed by atoms with Crippen molar-refractivity contribution in [3.63, 3.8) is 0 Å². The van der Waals surface area contributed by atoms with E-state index in [1.165, 1.54) is 23.5 Å². The molecular formula is C33H33FN4O5S. The number of H-pyrrole nitrogens is 1. The normalized spacial score (nSPS) is 15.6. The van der Waals surface area contributed by atoms with Crippen LogP contribution in [0.5, 0.6) is 0 Å². The maximum Gasteiger partial charge on any atom is 0.270 e. The summed E-state index contributed by atoms with van der Waals surface area (Å²) in [6.45, 7) is 2.78. The summed E-state index contributed by atoms with van der Waals surface area (Å²) in [6.07, 6.45) is 2.50. The Morgan fingerprint density at radius 2 is 1.84 bits per heavy atom. The molecule has 1 atom stereocenters. The minimum Gasteiger partial charge on any atom is -0.455 e. The predicted octanol–water partition coefficient (Wildman–Crippen LogP) is 5.80. The smallest absolute Gasteiger partial charge is 0.270 e. The number of aromatic nitrogens is 1. The second kappa shape index (κ2) is 11.1. The van der Waals surface area contributed by atoms with Gasteiger partial charge in [-0.2, -0.15) is 0 Å². The summed E-state index contributed by atoms with van der Waals surface area (Å²) in [5.41, 5.74) is 4.42. The molecule has 2 N–H and O–H groups in total. The van der Waals surface area contributed by atoms with Gasteiger partial charge in [0.25, 0.3) is 11.8 Å². The maximum atomic E-state index is 14.3. The number of aromatic amines is 1. The number of nitrogens with zero attached hydrogens (tertiary/aromatic N) is 2. The van der Waals surface area contributed by atoms with Gasteiger partial charge < -0.3 is 19.6 Å². The molecule has 9 nitrogen and oxygen atoms in total. The van der Waals surface area contributed by atoms with Crippen LogP contribution in [0, 0.1) is 12.7 Å². The fraction of sp³-hybridized carbons (Fsp3) is 0.273. The number of likely N-dealkylation sites (tertiary alicyclic amines) is 1. The van der Waals surface area contributed by atoms with E-state index in [1.54, 1.807) is 30.1 Å². The molecule has 0 radical (unpaired) electrons. The summed E-state index contributed by atoms with van der Waals surface area (Å²) < 4.78 is 47.4. The number of carbonyl (C=O) groups excluding carboxylic acids is 2. The van der Waals surface area contributed by atoms with E-state index in [0.29, 0.717) is 75.9 Å². The highest BCUT2D eigenvalue weighted by Gasteiger charge is 2.32. The molecule has 1 aliphatic heterocycles. The van der Waals surface area contributed by atoms with Crippen LogP contribution in [-0.2, 0) is 10.0 Å². The lowest BCUT2D eigenvalue weighted by Crippen LogP contribution is -2.39. The fourth-order valence-electron chi connectivity index (χ4n) is 6.01. The second-order valence-electron chi connectivity index (χ2n) is 11.4. The Kier molecular flexibility index (Phi) is 7.44. The number of anilines is 1. The molecule has 5 aromatic rings. The number of halogens is 1. The number of amides is 2. The standard InChI is InChI=1S/C33H33FN4O5S/c1-19-10-12-20(13-11-19)31-30(32(39)35-2)24-15-22(28(17-29(24)43-31)37(3)44(4,41)42)21-7-6-14-38(18-21)33(40)27-16-23-25(34)8-5-9-26(23)36-27/h5,8-13,15-17,21,36H,6-7,14,18H2,1-4H3,(H,35,39)/t21-/m0/s1. The van der Waals surface area contributed by atoms with E-state index in [1.807, 2.05) is 37.3 Å². The third-order valence-electron chi connectivity index (χ3n) is 8.43. The zero-order chi connectivity index (χ0) is 31.3. The molecule has 228 valence electrons. The van der Waals surface area contributed by atoms with Crippen molar-refractivity contribution < 1.29 is 26.8 Å². The van der Waals surface area contributed by atoms with Crippen molar-refractivity contribution in [3.8, 4) is 11.3 Å². The summed E-state index contributed by atoms with van der Waals surface area (Å²) in [6, 6.07) is 17.3. The lowest BCUT2D eigenvalue weighted by molar-refractivity contribution is 0.0702. The van der Waals surface area contributed by atoms with Crippen LogP contribution in [-0.4, -0.2) is 63.6 Å². The van der Waals surface area contributed by atoms with E-state index in [4.69, 9.17) is 4.42 Å². The molecular weight excluding hydrogens is 583 g/mol. The molecule has 3 heterocycles. The molecule has 6 rings (SSSR count). The van der Waals surface area contributed by atoms with Crippen molar-refractivity contribution in [2.45, 2.75) is 25.7 Å². The summed E-state index contributed by atoms with van der Waals surface area (Å²) in [5, 5.41) is 3.60. The van der Waals surface area contributed by atoms with Crippen molar-refractivity contribution in [1.82, 2.24) is 15.2 Å². The minimum atomic E-state index is -3.67. The highest BCUT2D eigenvalue weighted by atomic mass is 32.2. The monoisotopic (exact) mass is 616 g/mol. The lowest BCUT2D eigenvalue weighted by atomic mass is 9.88. The van der Waals surface area contributed by atoms with Gasteiger partial charge in [-0.3, -0.25) is 13.9 Å². The van der Waals surface area contributed by atoms with Gasteiger partial charge in [-0.25, -0.2) is 12.8 Å². The molecule has 0 saturated carbocycles. The van der Waals surface area contributed by atoms with Gasteiger partial charge in [-0.15, -0.1) is 0 Å². The molecule has 0 aliphatic carbocycles. The number of carbonyl (C=O) groups is 2. The number of rotatable bonds is 6. The lowest BCUT2D eigenvalue weighted by Gasteiger charge is -2.34. The Balaban J connectivity index is 1.46. The van der Waals surface area contributed by atoms with E-state index >= 15 is 0 Å². The first-order valence-corrected chi connectivity index (χ1v) is 16.2. The van der Waals surface area contributed by atoms with Gasteiger partial charge in [0.1, 0.15) is 22.9 Å². The van der Waals surface area contributed by atoms with Gasteiger partial charge in [0.2, 0.25) is 10.0 Å². The van der Waals surface area contributed by atoms with Crippen molar-refractivity contribution in [3.05, 3.63) is 88.9 Å². The third kappa shape index (κ3) is 5.21. The number of hydrogen-bond acceptors (Lipinski definition) is 5. The van der Waals surface area contributed by atoms with Gasteiger partial charge in [0, 0.05) is 61.0 Å². The van der Waals surface area contributed by atoms with Gasteiger partial charge in [-0.05, 0) is 49.6 Å². The quantitative estimate of drug-likeness (QED) is 0.250. The molecule has 1 aliphatic rings. The van der Waals surface area contributed by atoms with E-state index in [0.717, 1.165) is 11.8 Å². The first-order valence-electron chi connectivity index (χ1n) is 14.4. The Bertz CT molecular complexity index is 2030. The number of aryl methyl sites for hydroxylation is 1. The Labute approximate surface area is 254 Å². The predicted molar refractivity (Wildman–Crippen MR) is 169 cm³/mol. The van der Waals surface area contributed by atoms with E-state index in [2.05, 4.69) is 10.3 Å². The Morgan fingerprint density at radius 3 is 2.52 bits per heavy atom. The summed E-state index contributed by atoms with van der Waals surface area (Å²) in [4.78, 5) is 31.6. The fourth-order valence-corrected chi connectivity index (χ4v) is 6.52. The topological polar surface area (TPSA) is 116 Å². The van der Waals surface area contributed by atoms with Gasteiger partial charge in [0.15, 0.2) is 0 Å². The minimum absolute atomic E-state index is 0.243. The molecule has 0 spiro atoms. The van der Waals surface area contributed by atoms with Gasteiger partial charge >= 0.3 is 0 Å². The number of sulfonamides is 1. The molecule has 1 saturated heterocycles. The van der Waals surface area contributed by atoms with Crippen LogP contribution >= 0.6 is 0 Å². The molecule has 44 heavy (non-hydrogen) atoms. The van der Waals surface area contributed by atoms with Crippen molar-refractivity contribution in [1.29, 1.82) is 0 Å². The number of nitrogens with one attached hydrogen (secondary N) is 2. The first kappa shape index (κ1) is 29.4. The zero-order valence-corrected chi connectivity index (χ0v) is 25.7. The van der Waals surface area contributed by atoms with Crippen LogP contribution in [0.2, 0.25) is 0 Å². The van der Waals surface area contributed by atoms with Crippen LogP contribution in [0.1, 0.15) is 50.7 Å². The van der Waals surface area contributed by atoms with Gasteiger partial charge in [-0.1, -0.05) is 35.9 Å². The molecule has 0 bridgehead atoms. The van der Waals surface area contributed by atoms with E-state index < -0.39 is 15.8 Å². The van der Waals surface area contributed by atoms with Crippen LogP contribution in [0.25, 0.3) is 33.2 Å². The van der Waals surface area contributed by atoms with Crippen molar-refractivity contribution in [2.24, 2.45) is 0 Å². The summed E-state index contributed by atoms with van der Waals surface area (Å²) in [7, 11) is -0.638. The molecule has 2 amide bonds. The molecule has 11 heteroatoms. The average molecular weight is 617 g/mol. The second-order valence-corrected chi connectivity index (χ2v) is 13.4. The number of fused-ring (bicyclic) bond motifs is 2. The summed E-state index contributed by atoms with van der Waals surface area (Å²) in [5.74, 6) is -0.863. The molecule has 2 aromatic heterocycles. The Hall–Kier alpha value is -4.64. The molecule has 3 aromatic carbocycles. The molecule has 0 unspecified atom stereocenters. The van der Waals surface area contributed by atoms with Crippen LogP contribution in [0.3, 0.4) is 0 Å². The van der Waals surface area contributed by atoms with Crippen LogP contribution in [0.15, 0.2) is 65.1 Å².